The van der Waals surface area contributed by atoms with E-state index in [1.54, 1.807) is 0 Å². The molecule has 2 atom stereocenters. The zero-order chi connectivity index (χ0) is 11.2. The largest absolute Gasteiger partial charge is 0.328 e. The average Bonchev–Trinajstić information content (AvgIpc) is 2.30. The van der Waals surface area contributed by atoms with Crippen LogP contribution >= 0.6 is 0 Å². The summed E-state index contributed by atoms with van der Waals surface area (Å²) in [5, 5.41) is 3.54. The summed E-state index contributed by atoms with van der Waals surface area (Å²) in [6.07, 6.45) is 5.06. The Labute approximate surface area is 98.2 Å². The van der Waals surface area contributed by atoms with Crippen LogP contribution in [0.15, 0.2) is 30.3 Å². The van der Waals surface area contributed by atoms with E-state index in [9.17, 15) is 0 Å². The lowest BCUT2D eigenvalue weighted by molar-refractivity contribution is 0.310. The lowest BCUT2D eigenvalue weighted by Crippen LogP contribution is -2.33. The van der Waals surface area contributed by atoms with Gasteiger partial charge in [0, 0.05) is 12.6 Å². The minimum atomic E-state index is 0.442. The Morgan fingerprint density at radius 2 is 2.00 bits per heavy atom. The summed E-state index contributed by atoms with van der Waals surface area (Å²) >= 11 is 0. The van der Waals surface area contributed by atoms with Crippen molar-refractivity contribution in [3.63, 3.8) is 0 Å². The molecule has 2 heteroatoms. The Balaban J connectivity index is 1.68. The fourth-order valence-electron chi connectivity index (χ4n) is 2.53. The highest BCUT2D eigenvalue weighted by atomic mass is 14.9. The van der Waals surface area contributed by atoms with Crippen molar-refractivity contribution in [2.24, 2.45) is 11.7 Å². The van der Waals surface area contributed by atoms with Gasteiger partial charge in [-0.2, -0.15) is 0 Å². The Morgan fingerprint density at radius 3 is 2.75 bits per heavy atom. The maximum atomic E-state index is 5.98. The molecule has 16 heavy (non-hydrogen) atoms. The van der Waals surface area contributed by atoms with Crippen LogP contribution in [0.2, 0.25) is 0 Å². The molecule has 2 unspecified atom stereocenters. The monoisotopic (exact) mass is 218 g/mol. The number of rotatable bonds is 4. The second kappa shape index (κ2) is 6.02. The molecule has 0 aliphatic heterocycles. The van der Waals surface area contributed by atoms with Gasteiger partial charge in [0.2, 0.25) is 0 Å². The maximum Gasteiger partial charge on any atom is 0.0205 e. The van der Waals surface area contributed by atoms with E-state index in [1.165, 1.54) is 31.2 Å². The molecule has 0 saturated heterocycles. The molecule has 2 rings (SSSR count). The number of hydrogen-bond acceptors (Lipinski definition) is 2. The first-order valence-electron chi connectivity index (χ1n) is 6.35. The Bertz CT molecular complexity index is 297. The third-order valence-electron chi connectivity index (χ3n) is 3.43. The summed E-state index contributed by atoms with van der Waals surface area (Å²) in [5.74, 6) is 0.785. The normalized spacial score (nSPS) is 25.6. The second-order valence-corrected chi connectivity index (χ2v) is 4.91. The van der Waals surface area contributed by atoms with Gasteiger partial charge in [0.1, 0.15) is 0 Å². The molecule has 88 valence electrons. The molecule has 1 aliphatic carbocycles. The summed E-state index contributed by atoms with van der Waals surface area (Å²) in [6, 6.07) is 11.0. The molecule has 1 aromatic carbocycles. The molecule has 0 heterocycles. The first kappa shape index (κ1) is 11.6. The lowest BCUT2D eigenvalue weighted by Gasteiger charge is -2.26. The van der Waals surface area contributed by atoms with Gasteiger partial charge in [-0.3, -0.25) is 0 Å². The van der Waals surface area contributed by atoms with Crippen molar-refractivity contribution in [1.82, 2.24) is 5.32 Å². The van der Waals surface area contributed by atoms with Gasteiger partial charge in [-0.25, -0.2) is 0 Å². The van der Waals surface area contributed by atoms with Gasteiger partial charge < -0.3 is 11.1 Å². The minimum absolute atomic E-state index is 0.442. The van der Waals surface area contributed by atoms with E-state index in [0.717, 1.165) is 19.0 Å². The first-order chi connectivity index (χ1) is 7.84. The smallest absolute Gasteiger partial charge is 0.0205 e. The van der Waals surface area contributed by atoms with Gasteiger partial charge in [0.05, 0.1) is 0 Å². The fraction of sp³-hybridized carbons (Fsp3) is 0.571. The van der Waals surface area contributed by atoms with Crippen LogP contribution in [0.25, 0.3) is 0 Å². The predicted octanol–water partition coefficient (Wildman–Crippen LogP) is 2.29. The Hall–Kier alpha value is -0.860. The van der Waals surface area contributed by atoms with Crippen LogP contribution in [0, 0.1) is 5.92 Å². The molecular formula is C14H22N2. The first-order valence-corrected chi connectivity index (χ1v) is 6.35. The van der Waals surface area contributed by atoms with Gasteiger partial charge in [-0.1, -0.05) is 36.8 Å². The highest BCUT2D eigenvalue weighted by Gasteiger charge is 2.18. The standard InChI is InChI=1S/C14H22N2/c15-14-8-4-7-13(9-14)11-16-10-12-5-2-1-3-6-12/h1-3,5-6,13-14,16H,4,7-11,15H2. The van der Waals surface area contributed by atoms with Gasteiger partial charge >= 0.3 is 0 Å². The summed E-state index contributed by atoms with van der Waals surface area (Å²) in [5.41, 5.74) is 7.34. The molecule has 1 fully saturated rings. The molecule has 1 aromatic rings. The van der Waals surface area contributed by atoms with Crippen molar-refractivity contribution in [3.8, 4) is 0 Å². The quantitative estimate of drug-likeness (QED) is 0.813. The summed E-state index contributed by atoms with van der Waals surface area (Å²) < 4.78 is 0. The van der Waals surface area contributed by atoms with E-state index in [4.69, 9.17) is 5.73 Å². The van der Waals surface area contributed by atoms with Crippen molar-refractivity contribution in [3.05, 3.63) is 35.9 Å². The summed E-state index contributed by atoms with van der Waals surface area (Å²) in [7, 11) is 0. The molecule has 0 aromatic heterocycles. The third-order valence-corrected chi connectivity index (χ3v) is 3.43. The van der Waals surface area contributed by atoms with E-state index in [1.807, 2.05) is 0 Å². The molecule has 0 radical (unpaired) electrons. The van der Waals surface area contributed by atoms with Gasteiger partial charge in [0.25, 0.3) is 0 Å². The molecule has 0 spiro atoms. The molecular weight excluding hydrogens is 196 g/mol. The topological polar surface area (TPSA) is 38.0 Å². The molecule has 0 amide bonds. The lowest BCUT2D eigenvalue weighted by atomic mass is 9.86. The maximum absolute atomic E-state index is 5.98. The van der Waals surface area contributed by atoms with Crippen molar-refractivity contribution in [2.75, 3.05) is 6.54 Å². The number of nitrogens with two attached hydrogens (primary N) is 1. The van der Waals surface area contributed by atoms with Crippen molar-refractivity contribution in [1.29, 1.82) is 0 Å². The molecule has 0 bridgehead atoms. The summed E-state index contributed by atoms with van der Waals surface area (Å²) in [4.78, 5) is 0. The fourth-order valence-corrected chi connectivity index (χ4v) is 2.53. The van der Waals surface area contributed by atoms with E-state index in [0.29, 0.717) is 6.04 Å². The minimum Gasteiger partial charge on any atom is -0.328 e. The van der Waals surface area contributed by atoms with E-state index in [2.05, 4.69) is 35.6 Å². The highest BCUT2D eigenvalue weighted by molar-refractivity contribution is 5.14. The van der Waals surface area contributed by atoms with Crippen LogP contribution in [-0.4, -0.2) is 12.6 Å². The van der Waals surface area contributed by atoms with Gasteiger partial charge in [-0.15, -0.1) is 0 Å². The van der Waals surface area contributed by atoms with Crippen LogP contribution < -0.4 is 11.1 Å². The van der Waals surface area contributed by atoms with E-state index >= 15 is 0 Å². The number of nitrogens with one attached hydrogen (secondary N) is 1. The second-order valence-electron chi connectivity index (χ2n) is 4.91. The number of hydrogen-bond donors (Lipinski definition) is 2. The Kier molecular flexibility index (Phi) is 4.37. The van der Waals surface area contributed by atoms with Crippen molar-refractivity contribution in [2.45, 2.75) is 38.3 Å². The van der Waals surface area contributed by atoms with Crippen LogP contribution in [0.3, 0.4) is 0 Å². The zero-order valence-corrected chi connectivity index (χ0v) is 9.86. The van der Waals surface area contributed by atoms with Gasteiger partial charge in [-0.05, 0) is 37.3 Å². The van der Waals surface area contributed by atoms with Crippen LogP contribution in [-0.2, 0) is 6.54 Å². The SMILES string of the molecule is NC1CCCC(CNCc2ccccc2)C1. The number of benzene rings is 1. The van der Waals surface area contributed by atoms with Crippen molar-refractivity contribution < 1.29 is 0 Å². The van der Waals surface area contributed by atoms with E-state index < -0.39 is 0 Å². The van der Waals surface area contributed by atoms with Crippen molar-refractivity contribution >= 4 is 0 Å². The van der Waals surface area contributed by atoms with Crippen LogP contribution in [0.4, 0.5) is 0 Å². The zero-order valence-electron chi connectivity index (χ0n) is 9.86. The summed E-state index contributed by atoms with van der Waals surface area (Å²) in [6.45, 7) is 2.09. The average molecular weight is 218 g/mol. The molecule has 3 N–H and O–H groups in total. The van der Waals surface area contributed by atoms with Gasteiger partial charge in [0.15, 0.2) is 0 Å². The van der Waals surface area contributed by atoms with E-state index in [-0.39, 0.29) is 0 Å². The predicted molar refractivity (Wildman–Crippen MR) is 68.1 cm³/mol. The molecule has 2 nitrogen and oxygen atoms in total. The molecule has 1 aliphatic rings. The third kappa shape index (κ3) is 3.62. The van der Waals surface area contributed by atoms with Crippen LogP contribution in [0.5, 0.6) is 0 Å². The molecule has 1 saturated carbocycles. The van der Waals surface area contributed by atoms with Crippen LogP contribution in [0.1, 0.15) is 31.2 Å². The highest BCUT2D eigenvalue weighted by Crippen LogP contribution is 2.22. The Morgan fingerprint density at radius 1 is 1.19 bits per heavy atom.